The minimum absolute atomic E-state index is 0.00973. The Balaban J connectivity index is 1.51. The third-order valence-corrected chi connectivity index (χ3v) is 6.07. The second-order valence-electron chi connectivity index (χ2n) is 8.15. The first-order chi connectivity index (χ1) is 15.9. The minimum atomic E-state index is -2.94. The zero-order chi connectivity index (χ0) is 23.1. The molecule has 3 aliphatic rings. The van der Waals surface area contributed by atoms with E-state index in [0.29, 0.717) is 50.8 Å². The highest BCUT2D eigenvalue weighted by Crippen LogP contribution is 2.27. The highest BCUT2D eigenvalue weighted by molar-refractivity contribution is 5.94. The van der Waals surface area contributed by atoms with Crippen LogP contribution in [0.15, 0.2) is 29.3 Å². The predicted molar refractivity (Wildman–Crippen MR) is 109 cm³/mol. The number of hydrogen-bond donors (Lipinski definition) is 1. The summed E-state index contributed by atoms with van der Waals surface area (Å²) < 4.78 is 53.4. The lowest BCUT2D eigenvalue weighted by atomic mass is 10.0. The number of anilines is 1. The van der Waals surface area contributed by atoms with E-state index in [2.05, 4.69) is 10.3 Å². The molecular formula is C22H23F3N5O3+. The fourth-order valence-corrected chi connectivity index (χ4v) is 4.28. The van der Waals surface area contributed by atoms with Gasteiger partial charge in [0.25, 0.3) is 12.3 Å². The van der Waals surface area contributed by atoms with Crippen molar-refractivity contribution in [3.05, 3.63) is 58.0 Å². The van der Waals surface area contributed by atoms with Crippen molar-refractivity contribution in [2.45, 2.75) is 25.4 Å². The van der Waals surface area contributed by atoms with Crippen molar-refractivity contribution in [1.29, 1.82) is 0 Å². The first-order valence-corrected chi connectivity index (χ1v) is 10.8. The van der Waals surface area contributed by atoms with Gasteiger partial charge in [0.1, 0.15) is 18.0 Å². The standard InChI is InChI=1S/C22H22F3N5O3/c1-12(13-3-2-4-14(19(13)23)20(24)25)26-22(31)15-9-18(29-5-7-32-8-6-29)28-30-17-11-33-10-16(17)27-21(15)30/h2-4,9,12,16,20H,5-8,10-11H2,1H3/p+1/t12-,16?/m1/s1. The van der Waals surface area contributed by atoms with Gasteiger partial charge < -0.3 is 19.7 Å². The Kier molecular flexibility index (Phi) is 5.75. The summed E-state index contributed by atoms with van der Waals surface area (Å²) in [7, 11) is 0. The van der Waals surface area contributed by atoms with Crippen LogP contribution in [0.1, 0.15) is 40.9 Å². The van der Waals surface area contributed by atoms with Crippen LogP contribution in [0.25, 0.3) is 0 Å². The molecule has 5 rings (SSSR count). The number of fused-ring (bicyclic) bond motifs is 2. The molecule has 11 heteroatoms. The minimum Gasteiger partial charge on any atom is -0.378 e. The number of amides is 1. The van der Waals surface area contributed by atoms with E-state index in [9.17, 15) is 18.0 Å². The van der Waals surface area contributed by atoms with Crippen molar-refractivity contribution in [3.8, 4) is 0 Å². The van der Waals surface area contributed by atoms with Gasteiger partial charge >= 0.3 is 5.49 Å². The van der Waals surface area contributed by atoms with Crippen LogP contribution >= 0.6 is 0 Å². The number of ether oxygens (including phenoxy) is 2. The molecule has 1 unspecified atom stereocenters. The molecular weight excluding hydrogens is 439 g/mol. The van der Waals surface area contributed by atoms with E-state index in [0.717, 1.165) is 11.8 Å². The van der Waals surface area contributed by atoms with Crippen molar-refractivity contribution in [1.82, 2.24) is 10.4 Å². The maximum absolute atomic E-state index is 14.6. The van der Waals surface area contributed by atoms with Crippen LogP contribution in [-0.2, 0) is 9.47 Å². The lowest BCUT2D eigenvalue weighted by Gasteiger charge is -2.27. The topological polar surface area (TPSA) is 82.0 Å². The molecule has 2 atom stereocenters. The molecule has 1 aromatic carbocycles. The average molecular weight is 462 g/mol. The highest BCUT2D eigenvalue weighted by atomic mass is 19.3. The number of nitrogens with one attached hydrogen (secondary N) is 1. The van der Waals surface area contributed by atoms with Gasteiger partial charge in [-0.3, -0.25) is 4.79 Å². The number of rotatable bonds is 5. The first-order valence-electron chi connectivity index (χ1n) is 10.8. The van der Waals surface area contributed by atoms with Gasteiger partial charge in [0.05, 0.1) is 31.4 Å². The van der Waals surface area contributed by atoms with E-state index >= 15 is 0 Å². The second-order valence-corrected chi connectivity index (χ2v) is 8.15. The van der Waals surface area contributed by atoms with E-state index in [1.54, 1.807) is 17.3 Å². The molecule has 4 heterocycles. The normalized spacial score (nSPS) is 20.5. The molecule has 33 heavy (non-hydrogen) atoms. The lowest BCUT2D eigenvalue weighted by molar-refractivity contribution is -0.601. The molecule has 0 bridgehead atoms. The number of alkyl halides is 2. The SMILES string of the molecule is C[C@@H](NC(=O)c1cc(N2CCOCC2)n[n+]2c1=NC1COCC=21)c1cccc(C(F)F)c1F. The third-order valence-electron chi connectivity index (χ3n) is 6.07. The van der Waals surface area contributed by atoms with E-state index in [4.69, 9.17) is 14.6 Å². The van der Waals surface area contributed by atoms with Gasteiger partial charge in [0.2, 0.25) is 6.04 Å². The summed E-state index contributed by atoms with van der Waals surface area (Å²) >= 11 is 0. The van der Waals surface area contributed by atoms with Crippen molar-refractivity contribution in [2.24, 2.45) is 4.99 Å². The number of carbonyl (C=O) groups is 1. The Morgan fingerprint density at radius 1 is 1.24 bits per heavy atom. The number of morpholine rings is 1. The Morgan fingerprint density at radius 3 is 2.76 bits per heavy atom. The summed E-state index contributed by atoms with van der Waals surface area (Å²) in [6, 6.07) is 4.40. The molecule has 0 aliphatic carbocycles. The van der Waals surface area contributed by atoms with Gasteiger partial charge in [0.15, 0.2) is 11.5 Å². The average Bonchev–Trinajstić information content (AvgIpc) is 3.40. The molecule has 1 amide bonds. The van der Waals surface area contributed by atoms with Crippen LogP contribution in [-0.4, -0.2) is 56.6 Å². The summed E-state index contributed by atoms with van der Waals surface area (Å²) in [5.74, 6) is -0.910. The molecule has 174 valence electrons. The van der Waals surface area contributed by atoms with Crippen LogP contribution < -0.4 is 20.1 Å². The van der Waals surface area contributed by atoms with Crippen molar-refractivity contribution in [2.75, 3.05) is 44.4 Å². The van der Waals surface area contributed by atoms with Crippen molar-refractivity contribution in [3.63, 3.8) is 0 Å². The summed E-state index contributed by atoms with van der Waals surface area (Å²) in [6.07, 6.45) is -2.94. The molecule has 2 aromatic rings. The number of aromatic nitrogens is 2. The van der Waals surface area contributed by atoms with Gasteiger partial charge in [-0.2, -0.15) is 0 Å². The number of carbonyl (C=O) groups excluding carboxylic acids is 1. The largest absolute Gasteiger partial charge is 0.378 e. The maximum Gasteiger partial charge on any atom is 0.356 e. The number of benzene rings is 1. The molecule has 1 aromatic heterocycles. The van der Waals surface area contributed by atoms with E-state index in [1.165, 1.54) is 12.1 Å². The zero-order valence-corrected chi connectivity index (χ0v) is 17.9. The maximum atomic E-state index is 14.6. The number of hydrogen-bond acceptors (Lipinski definition) is 6. The predicted octanol–water partition coefficient (Wildman–Crippen LogP) is 1.19. The Bertz CT molecular complexity index is 1220. The fraction of sp³-hybridized carbons (Fsp3) is 0.455. The Hall–Kier alpha value is -3.05. The summed E-state index contributed by atoms with van der Waals surface area (Å²) in [4.78, 5) is 19.9. The summed E-state index contributed by atoms with van der Waals surface area (Å²) in [5, 5.41) is 7.43. The quantitative estimate of drug-likeness (QED) is 0.676. The lowest BCUT2D eigenvalue weighted by Crippen LogP contribution is -2.49. The molecule has 0 spiro atoms. The van der Waals surface area contributed by atoms with Crippen molar-refractivity contribution < 1.29 is 31.8 Å². The molecule has 8 nitrogen and oxygen atoms in total. The summed E-state index contributed by atoms with van der Waals surface area (Å²) in [5.41, 5.74) is 0.845. The first kappa shape index (κ1) is 21.8. The van der Waals surface area contributed by atoms with Crippen LogP contribution in [0, 0.1) is 11.5 Å². The zero-order valence-electron chi connectivity index (χ0n) is 17.9. The third kappa shape index (κ3) is 3.95. The highest BCUT2D eigenvalue weighted by Gasteiger charge is 2.39. The van der Waals surface area contributed by atoms with Crippen LogP contribution in [0.4, 0.5) is 19.0 Å². The fourth-order valence-electron chi connectivity index (χ4n) is 4.28. The molecule has 3 aliphatic heterocycles. The number of halogens is 3. The van der Waals surface area contributed by atoms with E-state index in [1.807, 2.05) is 4.90 Å². The smallest absolute Gasteiger partial charge is 0.356 e. The van der Waals surface area contributed by atoms with Crippen molar-refractivity contribution >= 4 is 11.7 Å². The van der Waals surface area contributed by atoms with Gasteiger partial charge in [0, 0.05) is 24.7 Å². The second kappa shape index (κ2) is 8.71. The van der Waals surface area contributed by atoms with E-state index in [-0.39, 0.29) is 17.2 Å². The van der Waals surface area contributed by atoms with Gasteiger partial charge in [-0.05, 0) is 6.92 Å². The number of nitrogens with zero attached hydrogens (tertiary/aromatic N) is 4. The Labute approximate surface area is 187 Å². The van der Waals surface area contributed by atoms with Gasteiger partial charge in [-0.25, -0.2) is 13.2 Å². The molecule has 0 radical (unpaired) electrons. The summed E-state index contributed by atoms with van der Waals surface area (Å²) in [6.45, 7) is 4.69. The monoisotopic (exact) mass is 462 g/mol. The molecule has 1 N–H and O–H groups in total. The van der Waals surface area contributed by atoms with Gasteiger partial charge in [-0.15, -0.1) is 0 Å². The van der Waals surface area contributed by atoms with Crippen LogP contribution in [0.5, 0.6) is 0 Å². The van der Waals surface area contributed by atoms with Gasteiger partial charge in [-0.1, -0.05) is 32.6 Å². The molecule has 2 saturated heterocycles. The van der Waals surface area contributed by atoms with Crippen LogP contribution in [0.3, 0.4) is 0 Å². The van der Waals surface area contributed by atoms with Crippen LogP contribution in [0.2, 0.25) is 0 Å². The molecule has 0 saturated carbocycles. The Morgan fingerprint density at radius 2 is 2.00 bits per heavy atom. The van der Waals surface area contributed by atoms with E-state index < -0.39 is 29.8 Å². The molecule has 2 fully saturated rings.